The van der Waals surface area contributed by atoms with Gasteiger partial charge in [0.25, 0.3) is 0 Å². The van der Waals surface area contributed by atoms with E-state index in [2.05, 4.69) is 54.2 Å². The van der Waals surface area contributed by atoms with E-state index >= 15 is 0 Å². The average molecular weight is 474 g/mol. The second-order valence-corrected chi connectivity index (χ2v) is 6.77. The van der Waals surface area contributed by atoms with Crippen molar-refractivity contribution in [3.05, 3.63) is 24.3 Å². The van der Waals surface area contributed by atoms with E-state index in [9.17, 15) is 0 Å². The molecule has 6 heteroatoms. The number of ether oxygens (including phenoxy) is 1. The van der Waals surface area contributed by atoms with E-state index in [-0.39, 0.29) is 24.0 Å². The van der Waals surface area contributed by atoms with Gasteiger partial charge in [0, 0.05) is 51.5 Å². The lowest BCUT2D eigenvalue weighted by atomic mass is 10.1. The Labute approximate surface area is 176 Å². The Morgan fingerprint density at radius 2 is 2.19 bits per heavy atom. The second-order valence-electron chi connectivity index (χ2n) is 6.77. The van der Waals surface area contributed by atoms with Gasteiger partial charge in [0.05, 0.1) is 7.11 Å². The lowest BCUT2D eigenvalue weighted by molar-refractivity contribution is 0.415. The Bertz CT molecular complexity index is 552. The second kappa shape index (κ2) is 12.3. The van der Waals surface area contributed by atoms with Gasteiger partial charge in [-0.1, -0.05) is 19.4 Å². The number of methoxy groups -OCH3 is 1. The molecule has 0 aliphatic carbocycles. The predicted octanol–water partition coefficient (Wildman–Crippen LogP) is 3.84. The normalized spacial score (nSPS) is 17.0. The first kappa shape index (κ1) is 22.9. The minimum atomic E-state index is 0. The largest absolute Gasteiger partial charge is 0.497 e. The summed E-state index contributed by atoms with van der Waals surface area (Å²) in [4.78, 5) is 9.58. The van der Waals surface area contributed by atoms with Gasteiger partial charge in [0.15, 0.2) is 5.96 Å². The molecule has 1 atom stereocenters. The smallest absolute Gasteiger partial charge is 0.193 e. The van der Waals surface area contributed by atoms with Crippen LogP contribution in [0.15, 0.2) is 29.3 Å². The van der Waals surface area contributed by atoms with E-state index in [1.165, 1.54) is 24.9 Å². The average Bonchev–Trinajstić information content (AvgIpc) is 3.12. The molecule has 148 valence electrons. The molecule has 1 fully saturated rings. The summed E-state index contributed by atoms with van der Waals surface area (Å²) < 4.78 is 5.34. The molecule has 0 aromatic heterocycles. The van der Waals surface area contributed by atoms with Crippen LogP contribution in [0, 0.1) is 5.92 Å². The molecule has 2 rings (SSSR count). The van der Waals surface area contributed by atoms with Crippen molar-refractivity contribution in [2.24, 2.45) is 10.9 Å². The summed E-state index contributed by atoms with van der Waals surface area (Å²) >= 11 is 0. The SMILES string of the molecule is CCCCN(C)C(=NCC1CCN(c2cccc(OC)c2)C1)NCC.I. The van der Waals surface area contributed by atoms with Gasteiger partial charge in [0.1, 0.15) is 5.75 Å². The van der Waals surface area contributed by atoms with E-state index in [4.69, 9.17) is 9.73 Å². The maximum atomic E-state index is 5.34. The van der Waals surface area contributed by atoms with Crippen molar-refractivity contribution in [2.75, 3.05) is 51.8 Å². The number of anilines is 1. The topological polar surface area (TPSA) is 40.1 Å². The molecule has 1 unspecified atom stereocenters. The van der Waals surface area contributed by atoms with E-state index in [0.717, 1.165) is 44.4 Å². The van der Waals surface area contributed by atoms with Crippen molar-refractivity contribution in [3.63, 3.8) is 0 Å². The van der Waals surface area contributed by atoms with Crippen LogP contribution < -0.4 is 15.0 Å². The van der Waals surface area contributed by atoms with Gasteiger partial charge in [-0.25, -0.2) is 0 Å². The molecule has 0 spiro atoms. The molecule has 0 bridgehead atoms. The highest BCUT2D eigenvalue weighted by molar-refractivity contribution is 14.0. The number of rotatable bonds is 8. The highest BCUT2D eigenvalue weighted by Crippen LogP contribution is 2.27. The van der Waals surface area contributed by atoms with Gasteiger partial charge in [-0.2, -0.15) is 0 Å². The van der Waals surface area contributed by atoms with Crippen LogP contribution in [-0.2, 0) is 0 Å². The Hall–Kier alpha value is -1.18. The van der Waals surface area contributed by atoms with Crippen molar-refractivity contribution in [1.29, 1.82) is 0 Å². The van der Waals surface area contributed by atoms with Crippen molar-refractivity contribution in [3.8, 4) is 5.75 Å². The highest BCUT2D eigenvalue weighted by Gasteiger charge is 2.23. The van der Waals surface area contributed by atoms with Crippen LogP contribution in [0.2, 0.25) is 0 Å². The molecule has 1 N–H and O–H groups in total. The molecule has 26 heavy (non-hydrogen) atoms. The van der Waals surface area contributed by atoms with Gasteiger partial charge in [0.2, 0.25) is 0 Å². The molecule has 1 aliphatic heterocycles. The Kier molecular flexibility index (Phi) is 10.8. The Morgan fingerprint density at radius 3 is 2.88 bits per heavy atom. The van der Waals surface area contributed by atoms with Crippen LogP contribution in [0.1, 0.15) is 33.1 Å². The predicted molar refractivity (Wildman–Crippen MR) is 122 cm³/mol. The number of unbranched alkanes of at least 4 members (excludes halogenated alkanes) is 1. The molecule has 1 heterocycles. The molecular formula is C20H35IN4O. The first-order chi connectivity index (χ1) is 12.2. The number of hydrogen-bond donors (Lipinski definition) is 1. The molecule has 1 aliphatic rings. The lowest BCUT2D eigenvalue weighted by Crippen LogP contribution is -2.39. The first-order valence-electron chi connectivity index (χ1n) is 9.56. The third-order valence-electron chi connectivity index (χ3n) is 4.75. The third-order valence-corrected chi connectivity index (χ3v) is 4.75. The number of halogens is 1. The van der Waals surface area contributed by atoms with Crippen LogP contribution in [-0.4, -0.2) is 57.7 Å². The molecule has 1 saturated heterocycles. The van der Waals surface area contributed by atoms with Crippen molar-refractivity contribution < 1.29 is 4.74 Å². The van der Waals surface area contributed by atoms with Gasteiger partial charge in [-0.3, -0.25) is 4.99 Å². The number of benzene rings is 1. The van der Waals surface area contributed by atoms with E-state index in [0.29, 0.717) is 5.92 Å². The minimum absolute atomic E-state index is 0. The monoisotopic (exact) mass is 474 g/mol. The standard InChI is InChI=1S/C20H34N4O.HI/c1-5-7-12-23(3)20(21-6-2)22-15-17-11-13-24(16-17)18-9-8-10-19(14-18)25-4;/h8-10,14,17H,5-7,11-13,15-16H2,1-4H3,(H,21,22);1H. The molecule has 0 saturated carbocycles. The zero-order valence-electron chi connectivity index (χ0n) is 16.7. The Morgan fingerprint density at radius 1 is 1.38 bits per heavy atom. The zero-order valence-corrected chi connectivity index (χ0v) is 19.0. The summed E-state index contributed by atoms with van der Waals surface area (Å²) in [7, 11) is 3.85. The molecule has 0 radical (unpaired) electrons. The highest BCUT2D eigenvalue weighted by atomic mass is 127. The van der Waals surface area contributed by atoms with Crippen LogP contribution in [0.25, 0.3) is 0 Å². The van der Waals surface area contributed by atoms with Gasteiger partial charge >= 0.3 is 0 Å². The zero-order chi connectivity index (χ0) is 18.1. The van der Waals surface area contributed by atoms with Crippen molar-refractivity contribution >= 4 is 35.6 Å². The van der Waals surface area contributed by atoms with Crippen LogP contribution in [0.4, 0.5) is 5.69 Å². The quantitative estimate of drug-likeness (QED) is 0.353. The van der Waals surface area contributed by atoms with E-state index in [1.54, 1.807) is 7.11 Å². The summed E-state index contributed by atoms with van der Waals surface area (Å²) in [6, 6.07) is 8.34. The van der Waals surface area contributed by atoms with Gasteiger partial charge < -0.3 is 19.9 Å². The molecular weight excluding hydrogens is 439 g/mol. The van der Waals surface area contributed by atoms with Crippen LogP contribution >= 0.6 is 24.0 Å². The lowest BCUT2D eigenvalue weighted by Gasteiger charge is -2.22. The summed E-state index contributed by atoms with van der Waals surface area (Å²) in [5.74, 6) is 2.57. The minimum Gasteiger partial charge on any atom is -0.497 e. The molecule has 1 aromatic carbocycles. The summed E-state index contributed by atoms with van der Waals surface area (Å²) in [5, 5.41) is 3.42. The number of guanidine groups is 1. The number of aliphatic imine (C=N–C) groups is 1. The Balaban J connectivity index is 0.00000338. The number of nitrogens with zero attached hydrogens (tertiary/aromatic N) is 3. The molecule has 5 nitrogen and oxygen atoms in total. The van der Waals surface area contributed by atoms with Gasteiger partial charge in [-0.15, -0.1) is 24.0 Å². The van der Waals surface area contributed by atoms with Crippen molar-refractivity contribution in [2.45, 2.75) is 33.1 Å². The first-order valence-corrected chi connectivity index (χ1v) is 9.56. The fourth-order valence-electron chi connectivity index (χ4n) is 3.21. The summed E-state index contributed by atoms with van der Waals surface area (Å²) in [5.41, 5.74) is 1.25. The summed E-state index contributed by atoms with van der Waals surface area (Å²) in [6.07, 6.45) is 3.61. The maximum absolute atomic E-state index is 5.34. The third kappa shape index (κ3) is 6.85. The fraction of sp³-hybridized carbons (Fsp3) is 0.650. The van der Waals surface area contributed by atoms with Crippen LogP contribution in [0.5, 0.6) is 5.75 Å². The van der Waals surface area contributed by atoms with E-state index in [1.807, 2.05) is 6.07 Å². The fourth-order valence-corrected chi connectivity index (χ4v) is 3.21. The van der Waals surface area contributed by atoms with E-state index < -0.39 is 0 Å². The maximum Gasteiger partial charge on any atom is 0.193 e. The number of nitrogens with one attached hydrogen (secondary N) is 1. The summed E-state index contributed by atoms with van der Waals surface area (Å²) in [6.45, 7) is 9.37. The van der Waals surface area contributed by atoms with Crippen molar-refractivity contribution in [1.82, 2.24) is 10.2 Å². The van der Waals surface area contributed by atoms with Crippen LogP contribution in [0.3, 0.4) is 0 Å². The molecule has 1 aromatic rings. The van der Waals surface area contributed by atoms with Gasteiger partial charge in [-0.05, 0) is 37.8 Å². The number of hydrogen-bond acceptors (Lipinski definition) is 3. The molecule has 0 amide bonds.